The lowest BCUT2D eigenvalue weighted by Crippen LogP contribution is -2.13. The van der Waals surface area contributed by atoms with E-state index in [2.05, 4.69) is 26.2 Å². The summed E-state index contributed by atoms with van der Waals surface area (Å²) in [7, 11) is 0. The predicted molar refractivity (Wildman–Crippen MR) is 128 cm³/mol. The Bertz CT molecular complexity index is 1340. The second-order valence-corrected chi connectivity index (χ2v) is 9.27. The maximum Gasteiger partial charge on any atom is 0.258 e. The van der Waals surface area contributed by atoms with Gasteiger partial charge in [0.2, 0.25) is 0 Å². The Morgan fingerprint density at radius 1 is 0.900 bits per heavy atom. The summed E-state index contributed by atoms with van der Waals surface area (Å²) in [6, 6.07) is 21.5. The van der Waals surface area contributed by atoms with Crippen LogP contribution >= 0.6 is 38.6 Å². The fourth-order valence-corrected chi connectivity index (χ4v) is 4.83. The molecule has 7 heteroatoms. The second-order valence-electron chi connectivity index (χ2n) is 6.55. The number of benzene rings is 2. The number of thiophene rings is 1. The molecule has 0 saturated carbocycles. The summed E-state index contributed by atoms with van der Waals surface area (Å²) in [5.41, 5.74) is 4.02. The first kappa shape index (κ1) is 19.1. The lowest BCUT2D eigenvalue weighted by Gasteiger charge is -2.08. The van der Waals surface area contributed by atoms with Gasteiger partial charge in [0.15, 0.2) is 5.13 Å². The quantitative estimate of drug-likeness (QED) is 0.291. The van der Waals surface area contributed by atoms with Gasteiger partial charge in [-0.3, -0.25) is 10.1 Å². The van der Waals surface area contributed by atoms with Crippen LogP contribution in [0.2, 0.25) is 0 Å². The first-order chi connectivity index (χ1) is 14.7. The molecule has 0 atom stereocenters. The summed E-state index contributed by atoms with van der Waals surface area (Å²) in [5, 5.41) is 8.30. The number of para-hydroxylation sites is 1. The second kappa shape index (κ2) is 8.10. The lowest BCUT2D eigenvalue weighted by molar-refractivity contribution is 0.102. The average molecular weight is 492 g/mol. The molecule has 30 heavy (non-hydrogen) atoms. The van der Waals surface area contributed by atoms with Crippen molar-refractivity contribution < 1.29 is 4.79 Å². The zero-order valence-electron chi connectivity index (χ0n) is 15.5. The van der Waals surface area contributed by atoms with Crippen LogP contribution in [0.15, 0.2) is 82.0 Å². The van der Waals surface area contributed by atoms with Gasteiger partial charge in [0.1, 0.15) is 0 Å². The molecule has 0 spiro atoms. The fraction of sp³-hybridized carbons (Fsp3) is 0. The van der Waals surface area contributed by atoms with Crippen molar-refractivity contribution >= 4 is 60.5 Å². The van der Waals surface area contributed by atoms with E-state index >= 15 is 0 Å². The summed E-state index contributed by atoms with van der Waals surface area (Å²) < 4.78 is 1.01. The number of rotatable bonds is 4. The molecule has 0 unspecified atom stereocenters. The van der Waals surface area contributed by atoms with Crippen molar-refractivity contribution in [2.75, 3.05) is 5.32 Å². The van der Waals surface area contributed by atoms with Crippen molar-refractivity contribution in [2.45, 2.75) is 0 Å². The van der Waals surface area contributed by atoms with Crippen molar-refractivity contribution in [3.8, 4) is 21.8 Å². The molecular formula is C23H14BrN3OS2. The monoisotopic (exact) mass is 491 g/mol. The molecule has 0 aliphatic rings. The van der Waals surface area contributed by atoms with Crippen molar-refractivity contribution in [3.63, 3.8) is 0 Å². The van der Waals surface area contributed by atoms with E-state index in [-0.39, 0.29) is 5.91 Å². The maximum absolute atomic E-state index is 13.2. The first-order valence-electron chi connectivity index (χ1n) is 9.14. The van der Waals surface area contributed by atoms with E-state index in [0.29, 0.717) is 10.7 Å². The minimum absolute atomic E-state index is 0.192. The molecule has 0 saturated heterocycles. The van der Waals surface area contributed by atoms with Crippen molar-refractivity contribution in [1.29, 1.82) is 0 Å². The van der Waals surface area contributed by atoms with Gasteiger partial charge in [-0.05, 0) is 35.7 Å². The Balaban J connectivity index is 1.48. The van der Waals surface area contributed by atoms with Gasteiger partial charge >= 0.3 is 0 Å². The normalized spacial score (nSPS) is 11.0. The molecule has 0 bridgehead atoms. The molecule has 146 valence electrons. The van der Waals surface area contributed by atoms with Gasteiger partial charge in [-0.2, -0.15) is 0 Å². The Kier molecular flexibility index (Phi) is 5.16. The molecule has 5 rings (SSSR count). The number of carbonyl (C=O) groups excluding carboxylic acids is 1. The largest absolute Gasteiger partial charge is 0.298 e. The minimum atomic E-state index is -0.192. The number of carbonyl (C=O) groups is 1. The highest BCUT2D eigenvalue weighted by Gasteiger charge is 2.16. The Morgan fingerprint density at radius 2 is 1.73 bits per heavy atom. The van der Waals surface area contributed by atoms with Gasteiger partial charge in [-0.25, -0.2) is 9.97 Å². The van der Waals surface area contributed by atoms with E-state index in [1.165, 1.54) is 11.3 Å². The van der Waals surface area contributed by atoms with Crippen LogP contribution in [0.1, 0.15) is 10.4 Å². The molecule has 0 fully saturated rings. The van der Waals surface area contributed by atoms with Gasteiger partial charge in [0.05, 0.1) is 27.3 Å². The predicted octanol–water partition coefficient (Wildman–Crippen LogP) is 7.10. The third-order valence-electron chi connectivity index (χ3n) is 4.60. The first-order valence-corrected chi connectivity index (χ1v) is 11.7. The zero-order valence-corrected chi connectivity index (χ0v) is 18.7. The maximum atomic E-state index is 13.2. The highest BCUT2D eigenvalue weighted by Crippen LogP contribution is 2.30. The number of thiazole rings is 1. The Labute approximate surface area is 189 Å². The van der Waals surface area contributed by atoms with Crippen LogP contribution in [0.5, 0.6) is 0 Å². The fourth-order valence-electron chi connectivity index (χ4n) is 3.16. The summed E-state index contributed by atoms with van der Waals surface area (Å²) in [6.07, 6.45) is 0. The Morgan fingerprint density at radius 3 is 2.53 bits per heavy atom. The summed E-state index contributed by atoms with van der Waals surface area (Å²) in [5.74, 6) is -0.192. The molecule has 3 heterocycles. The molecule has 1 amide bonds. The average Bonchev–Trinajstić information content (AvgIpc) is 3.46. The molecule has 1 N–H and O–H groups in total. The van der Waals surface area contributed by atoms with E-state index in [1.807, 2.05) is 77.5 Å². The number of nitrogens with one attached hydrogen (secondary N) is 1. The summed E-state index contributed by atoms with van der Waals surface area (Å²) >= 11 is 6.46. The van der Waals surface area contributed by atoms with Crippen LogP contribution in [0.25, 0.3) is 32.7 Å². The lowest BCUT2D eigenvalue weighted by atomic mass is 10.1. The van der Waals surface area contributed by atoms with Crippen molar-refractivity contribution in [3.05, 3.63) is 87.5 Å². The number of nitrogens with zero attached hydrogens (tertiary/aromatic N) is 2. The SMILES string of the molecule is O=C(Nc1nc(-c2ccc(Br)cc2)cs1)c1cc(-c2cccs2)nc2ccccc12. The number of halogens is 1. The third kappa shape index (κ3) is 3.79. The van der Waals surface area contributed by atoms with Crippen LogP contribution in [0.4, 0.5) is 5.13 Å². The van der Waals surface area contributed by atoms with E-state index < -0.39 is 0 Å². The van der Waals surface area contributed by atoms with Crippen LogP contribution in [0.3, 0.4) is 0 Å². The number of hydrogen-bond acceptors (Lipinski definition) is 5. The number of amides is 1. The van der Waals surface area contributed by atoms with Gasteiger partial charge in [-0.1, -0.05) is 52.3 Å². The third-order valence-corrected chi connectivity index (χ3v) is 6.78. The highest BCUT2D eigenvalue weighted by atomic mass is 79.9. The molecule has 5 aromatic rings. The number of hydrogen-bond donors (Lipinski definition) is 1. The smallest absolute Gasteiger partial charge is 0.258 e. The van der Waals surface area contributed by atoms with E-state index in [1.54, 1.807) is 11.3 Å². The van der Waals surface area contributed by atoms with E-state index in [4.69, 9.17) is 4.98 Å². The van der Waals surface area contributed by atoms with Crippen LogP contribution in [-0.2, 0) is 0 Å². The number of fused-ring (bicyclic) bond motifs is 1. The van der Waals surface area contributed by atoms with Crippen LogP contribution < -0.4 is 5.32 Å². The highest BCUT2D eigenvalue weighted by molar-refractivity contribution is 9.10. The standard InChI is InChI=1S/C23H14BrN3OS2/c24-15-9-7-14(8-10-15)20-13-30-23(26-20)27-22(28)17-12-19(21-6-3-11-29-21)25-18-5-2-1-4-16(17)18/h1-13H,(H,26,27,28). The summed E-state index contributed by atoms with van der Waals surface area (Å²) in [6.45, 7) is 0. The molecule has 0 aliphatic carbocycles. The molecule has 3 aromatic heterocycles. The number of aromatic nitrogens is 2. The minimum Gasteiger partial charge on any atom is -0.298 e. The number of pyridine rings is 1. The zero-order chi connectivity index (χ0) is 20.5. The van der Waals surface area contributed by atoms with Gasteiger partial charge in [0.25, 0.3) is 5.91 Å². The molecule has 0 radical (unpaired) electrons. The van der Waals surface area contributed by atoms with Crippen LogP contribution in [-0.4, -0.2) is 15.9 Å². The van der Waals surface area contributed by atoms with Crippen LogP contribution in [0, 0.1) is 0 Å². The summed E-state index contributed by atoms with van der Waals surface area (Å²) in [4.78, 5) is 23.5. The molecular weight excluding hydrogens is 478 g/mol. The van der Waals surface area contributed by atoms with E-state index in [9.17, 15) is 4.79 Å². The molecule has 0 aliphatic heterocycles. The van der Waals surface area contributed by atoms with Crippen molar-refractivity contribution in [1.82, 2.24) is 9.97 Å². The topological polar surface area (TPSA) is 54.9 Å². The van der Waals surface area contributed by atoms with E-state index in [0.717, 1.165) is 37.2 Å². The number of anilines is 1. The Hall–Kier alpha value is -2.87. The van der Waals surface area contributed by atoms with Gasteiger partial charge in [0, 0.05) is 20.8 Å². The molecule has 4 nitrogen and oxygen atoms in total. The molecule has 2 aromatic carbocycles. The van der Waals surface area contributed by atoms with Gasteiger partial charge < -0.3 is 0 Å². The van der Waals surface area contributed by atoms with Crippen molar-refractivity contribution in [2.24, 2.45) is 0 Å². The van der Waals surface area contributed by atoms with Gasteiger partial charge in [-0.15, -0.1) is 22.7 Å².